The number of carbonyl (C=O) groups excluding carboxylic acids is 1. The van der Waals surface area contributed by atoms with Crippen LogP contribution in [0.25, 0.3) is 0 Å². The second-order valence-electron chi connectivity index (χ2n) is 4.54. The maximum absolute atomic E-state index is 12.0. The number of nitrogens with zero attached hydrogens (tertiary/aromatic N) is 3. The molecule has 1 atom stereocenters. The lowest BCUT2D eigenvalue weighted by Gasteiger charge is -2.40. The number of halogens is 1. The maximum Gasteiger partial charge on any atom is 0.251 e. The van der Waals surface area contributed by atoms with E-state index in [1.54, 1.807) is 6.20 Å². The number of amides is 1. The topological polar surface area (TPSA) is 47.4 Å². The molecule has 1 amide bonds. The summed E-state index contributed by atoms with van der Waals surface area (Å²) in [5, 5.41) is 4.23. The Kier molecular flexibility index (Phi) is 2.92. The number of aromatic nitrogens is 2. The molecule has 0 radical (unpaired) electrons. The van der Waals surface area contributed by atoms with E-state index in [-0.39, 0.29) is 12.0 Å². The molecule has 2 saturated heterocycles. The van der Waals surface area contributed by atoms with Gasteiger partial charge in [-0.15, -0.1) is 0 Å². The van der Waals surface area contributed by atoms with Crippen LogP contribution in [0.3, 0.4) is 0 Å². The highest BCUT2D eigenvalue weighted by atomic mass is 79.9. The zero-order valence-corrected chi connectivity index (χ0v) is 11.0. The molecule has 6 heteroatoms. The summed E-state index contributed by atoms with van der Waals surface area (Å²) in [4.78, 5) is 13.8. The molecule has 5 nitrogen and oxygen atoms in total. The third-order valence-corrected chi connectivity index (χ3v) is 3.73. The molecule has 0 spiro atoms. The van der Waals surface area contributed by atoms with Gasteiger partial charge in [-0.25, -0.2) is 0 Å². The molecule has 2 aliphatic rings. The highest BCUT2D eigenvalue weighted by Crippen LogP contribution is 2.25. The summed E-state index contributed by atoms with van der Waals surface area (Å²) < 4.78 is 8.28. The molecule has 0 N–H and O–H groups in total. The summed E-state index contributed by atoms with van der Waals surface area (Å²) in [7, 11) is 0. The Labute approximate surface area is 108 Å². The molecule has 0 aliphatic carbocycles. The van der Waals surface area contributed by atoms with E-state index in [4.69, 9.17) is 4.74 Å². The molecule has 17 heavy (non-hydrogen) atoms. The van der Waals surface area contributed by atoms with Crippen LogP contribution < -0.4 is 0 Å². The molecule has 2 fully saturated rings. The molecule has 1 unspecified atom stereocenters. The van der Waals surface area contributed by atoms with Gasteiger partial charge in [-0.2, -0.15) is 5.10 Å². The van der Waals surface area contributed by atoms with Crippen LogP contribution in [0.4, 0.5) is 0 Å². The van der Waals surface area contributed by atoms with Crippen LogP contribution in [0.2, 0.25) is 0 Å². The largest absolute Gasteiger partial charge is 0.368 e. The average molecular weight is 300 g/mol. The lowest BCUT2D eigenvalue weighted by atomic mass is 10.1. The van der Waals surface area contributed by atoms with Crippen molar-refractivity contribution in [1.82, 2.24) is 14.7 Å². The van der Waals surface area contributed by atoms with Gasteiger partial charge in [0.2, 0.25) is 0 Å². The Morgan fingerprint density at radius 2 is 2.35 bits per heavy atom. The maximum atomic E-state index is 12.0. The number of ether oxygens (including phenoxy) is 1. The van der Waals surface area contributed by atoms with Crippen molar-refractivity contribution in [3.8, 4) is 0 Å². The molecular weight excluding hydrogens is 286 g/mol. The van der Waals surface area contributed by atoms with Crippen molar-refractivity contribution in [2.75, 3.05) is 19.7 Å². The van der Waals surface area contributed by atoms with Gasteiger partial charge in [0.15, 0.2) is 0 Å². The van der Waals surface area contributed by atoms with E-state index < -0.39 is 0 Å². The van der Waals surface area contributed by atoms with Crippen LogP contribution in [0.5, 0.6) is 0 Å². The molecule has 1 aromatic heterocycles. The van der Waals surface area contributed by atoms with Crippen LogP contribution in [0.15, 0.2) is 16.9 Å². The number of carbonyl (C=O) groups is 1. The van der Waals surface area contributed by atoms with Gasteiger partial charge in [0.25, 0.3) is 5.91 Å². The van der Waals surface area contributed by atoms with Gasteiger partial charge < -0.3 is 9.64 Å². The zero-order chi connectivity index (χ0) is 11.8. The van der Waals surface area contributed by atoms with Gasteiger partial charge in [0.05, 0.1) is 16.7 Å². The third-order valence-electron chi connectivity index (χ3n) is 3.32. The van der Waals surface area contributed by atoms with Gasteiger partial charge in [0, 0.05) is 25.9 Å². The SMILES string of the molecule is O=C(C1CCCO1)N1CC(n2cc(Br)cn2)C1. The summed E-state index contributed by atoms with van der Waals surface area (Å²) >= 11 is 3.37. The van der Waals surface area contributed by atoms with Crippen molar-refractivity contribution in [2.45, 2.75) is 25.0 Å². The minimum Gasteiger partial charge on any atom is -0.368 e. The summed E-state index contributed by atoms with van der Waals surface area (Å²) in [6.45, 7) is 2.21. The van der Waals surface area contributed by atoms with E-state index in [0.717, 1.165) is 37.0 Å². The molecule has 1 aromatic rings. The first-order valence-electron chi connectivity index (χ1n) is 5.84. The van der Waals surface area contributed by atoms with Crippen molar-refractivity contribution in [3.63, 3.8) is 0 Å². The minimum absolute atomic E-state index is 0.143. The van der Waals surface area contributed by atoms with Crippen molar-refractivity contribution < 1.29 is 9.53 Å². The molecule has 0 aromatic carbocycles. The minimum atomic E-state index is -0.194. The van der Waals surface area contributed by atoms with Crippen LogP contribution >= 0.6 is 15.9 Å². The van der Waals surface area contributed by atoms with Gasteiger partial charge in [-0.3, -0.25) is 9.48 Å². The quantitative estimate of drug-likeness (QED) is 0.825. The summed E-state index contributed by atoms with van der Waals surface area (Å²) in [5.74, 6) is 0.143. The summed E-state index contributed by atoms with van der Waals surface area (Å²) in [6, 6.07) is 0.312. The number of hydrogen-bond donors (Lipinski definition) is 0. The third kappa shape index (κ3) is 2.11. The van der Waals surface area contributed by atoms with E-state index in [1.807, 2.05) is 15.8 Å². The molecule has 0 bridgehead atoms. The smallest absolute Gasteiger partial charge is 0.251 e. The lowest BCUT2D eigenvalue weighted by molar-refractivity contribution is -0.147. The van der Waals surface area contributed by atoms with Crippen LogP contribution in [0, 0.1) is 0 Å². The molecule has 92 valence electrons. The van der Waals surface area contributed by atoms with Crippen molar-refractivity contribution >= 4 is 21.8 Å². The Morgan fingerprint density at radius 3 is 2.94 bits per heavy atom. The second kappa shape index (κ2) is 4.42. The summed E-state index contributed by atoms with van der Waals surface area (Å²) in [5.41, 5.74) is 0. The van der Waals surface area contributed by atoms with Gasteiger partial charge in [0.1, 0.15) is 6.10 Å². The normalized spacial score (nSPS) is 25.0. The molecule has 0 saturated carbocycles. The van der Waals surface area contributed by atoms with E-state index in [0.29, 0.717) is 6.04 Å². The second-order valence-corrected chi connectivity index (χ2v) is 5.45. The van der Waals surface area contributed by atoms with Gasteiger partial charge in [-0.05, 0) is 28.8 Å². The average Bonchev–Trinajstić information content (AvgIpc) is 2.86. The molecule has 3 rings (SSSR count). The zero-order valence-electron chi connectivity index (χ0n) is 9.38. The summed E-state index contributed by atoms with van der Waals surface area (Å²) in [6.07, 6.45) is 5.39. The van der Waals surface area contributed by atoms with Crippen LogP contribution in [-0.4, -0.2) is 46.4 Å². The number of rotatable bonds is 2. The first-order valence-corrected chi connectivity index (χ1v) is 6.63. The molecule has 2 aliphatic heterocycles. The Bertz CT molecular complexity index is 422. The van der Waals surface area contributed by atoms with Crippen molar-refractivity contribution in [3.05, 3.63) is 16.9 Å². The van der Waals surface area contributed by atoms with Crippen molar-refractivity contribution in [1.29, 1.82) is 0 Å². The monoisotopic (exact) mass is 299 g/mol. The predicted molar refractivity (Wildman–Crippen MR) is 64.5 cm³/mol. The first kappa shape index (κ1) is 11.2. The van der Waals surface area contributed by atoms with E-state index in [1.165, 1.54) is 0 Å². The fourth-order valence-corrected chi connectivity index (χ4v) is 2.59. The highest BCUT2D eigenvalue weighted by molar-refractivity contribution is 9.10. The van der Waals surface area contributed by atoms with Gasteiger partial charge in [-0.1, -0.05) is 0 Å². The van der Waals surface area contributed by atoms with E-state index in [2.05, 4.69) is 21.0 Å². The Morgan fingerprint density at radius 1 is 1.53 bits per heavy atom. The fraction of sp³-hybridized carbons (Fsp3) is 0.636. The predicted octanol–water partition coefficient (Wildman–Crippen LogP) is 1.21. The highest BCUT2D eigenvalue weighted by Gasteiger charge is 2.37. The number of hydrogen-bond acceptors (Lipinski definition) is 3. The van der Waals surface area contributed by atoms with E-state index in [9.17, 15) is 4.79 Å². The lowest BCUT2D eigenvalue weighted by Crippen LogP contribution is -2.53. The molecule has 3 heterocycles. The Hall–Kier alpha value is -0.880. The first-order chi connectivity index (χ1) is 8.24. The van der Waals surface area contributed by atoms with E-state index >= 15 is 0 Å². The van der Waals surface area contributed by atoms with Crippen LogP contribution in [0.1, 0.15) is 18.9 Å². The van der Waals surface area contributed by atoms with Crippen molar-refractivity contribution in [2.24, 2.45) is 0 Å². The standard InChI is InChI=1S/C11H14BrN3O2/c12-8-4-13-15(5-8)9-6-14(7-9)11(16)10-2-1-3-17-10/h4-5,9-10H,1-3,6-7H2. The molecular formula is C11H14BrN3O2. The van der Waals surface area contributed by atoms with Gasteiger partial charge >= 0.3 is 0 Å². The fourth-order valence-electron chi connectivity index (χ4n) is 2.29. The van der Waals surface area contributed by atoms with Crippen LogP contribution in [-0.2, 0) is 9.53 Å². The number of likely N-dealkylation sites (tertiary alicyclic amines) is 1. The Balaban J connectivity index is 1.55.